The number of ether oxygens (including phenoxy) is 1. The van der Waals surface area contributed by atoms with Crippen molar-refractivity contribution in [2.75, 3.05) is 72.6 Å². The Morgan fingerprint density at radius 2 is 1.65 bits per heavy atom. The van der Waals surface area contributed by atoms with Gasteiger partial charge < -0.3 is 20.3 Å². The van der Waals surface area contributed by atoms with Gasteiger partial charge in [-0.05, 0) is 32.0 Å². The fourth-order valence-corrected chi connectivity index (χ4v) is 3.92. The van der Waals surface area contributed by atoms with Crippen LogP contribution in [-0.2, 0) is 17.8 Å². The third-order valence-corrected chi connectivity index (χ3v) is 6.02. The molecule has 8 heteroatoms. The second-order valence-electron chi connectivity index (χ2n) is 8.47. The molecule has 3 rings (SSSR count). The van der Waals surface area contributed by atoms with Gasteiger partial charge in [0.2, 0.25) is 0 Å². The van der Waals surface area contributed by atoms with Gasteiger partial charge in [0, 0.05) is 64.9 Å². The number of likely N-dealkylation sites (N-methyl/N-ethyl adjacent to an activating group) is 1. The van der Waals surface area contributed by atoms with Crippen LogP contribution < -0.4 is 10.6 Å². The molecule has 2 fully saturated rings. The van der Waals surface area contributed by atoms with Gasteiger partial charge in [-0.2, -0.15) is 0 Å². The number of hydrogen-bond acceptors (Lipinski definition) is 5. The van der Waals surface area contributed by atoms with Crippen molar-refractivity contribution in [3.05, 3.63) is 35.4 Å². The number of morpholine rings is 1. The second kappa shape index (κ2) is 14.3. The molecule has 0 aliphatic carbocycles. The summed E-state index contributed by atoms with van der Waals surface area (Å²) >= 11 is 0. The zero-order chi connectivity index (χ0) is 21.2. The van der Waals surface area contributed by atoms with E-state index >= 15 is 0 Å². The first-order valence-corrected chi connectivity index (χ1v) is 11.5. The first kappa shape index (κ1) is 26.3. The molecule has 0 bridgehead atoms. The van der Waals surface area contributed by atoms with Crippen LogP contribution in [0, 0.1) is 0 Å². The van der Waals surface area contributed by atoms with Crippen LogP contribution in [0.15, 0.2) is 29.3 Å². The number of aliphatic imine (C=N–C) groups is 1. The Hall–Kier alpha value is -0.940. The molecule has 2 aliphatic rings. The van der Waals surface area contributed by atoms with E-state index in [9.17, 15) is 0 Å². The fraction of sp³-hybridized carbons (Fsp3) is 0.696. The topological polar surface area (TPSA) is 55.4 Å². The monoisotopic (exact) mass is 544 g/mol. The number of hydrogen-bond donors (Lipinski definition) is 2. The van der Waals surface area contributed by atoms with E-state index in [1.807, 2.05) is 0 Å². The average Bonchev–Trinajstić information content (AvgIpc) is 2.78. The van der Waals surface area contributed by atoms with Crippen LogP contribution in [0.5, 0.6) is 0 Å². The van der Waals surface area contributed by atoms with Crippen molar-refractivity contribution in [2.45, 2.75) is 33.0 Å². The quantitative estimate of drug-likeness (QED) is 0.296. The Balaban J connectivity index is 0.00000341. The molecule has 0 amide bonds. The highest BCUT2D eigenvalue weighted by atomic mass is 127. The maximum atomic E-state index is 5.45. The van der Waals surface area contributed by atoms with Crippen LogP contribution >= 0.6 is 24.0 Å². The summed E-state index contributed by atoms with van der Waals surface area (Å²) in [5.74, 6) is 0.888. The fourth-order valence-electron chi connectivity index (χ4n) is 3.92. The Kier molecular flexibility index (Phi) is 12.1. The van der Waals surface area contributed by atoms with Gasteiger partial charge >= 0.3 is 0 Å². The Morgan fingerprint density at radius 1 is 1.00 bits per heavy atom. The molecule has 1 aromatic rings. The van der Waals surface area contributed by atoms with Crippen LogP contribution in [-0.4, -0.2) is 99.3 Å². The molecule has 0 spiro atoms. The van der Waals surface area contributed by atoms with Crippen LogP contribution in [0.4, 0.5) is 0 Å². The first-order valence-electron chi connectivity index (χ1n) is 11.5. The lowest BCUT2D eigenvalue weighted by Crippen LogP contribution is -2.49. The number of guanidine groups is 1. The summed E-state index contributed by atoms with van der Waals surface area (Å²) in [4.78, 5) is 12.2. The van der Waals surface area contributed by atoms with Gasteiger partial charge in [-0.15, -0.1) is 24.0 Å². The van der Waals surface area contributed by atoms with Gasteiger partial charge in [-0.3, -0.25) is 9.80 Å². The molecular formula is C23H41IN6O. The second-order valence-corrected chi connectivity index (χ2v) is 8.47. The maximum Gasteiger partial charge on any atom is 0.191 e. The SMILES string of the molecule is CCNC(=NCc1ccc(CN2CCN(C)CC2)cc1)NCC(C)N1CCOCC1.I. The third kappa shape index (κ3) is 9.21. The molecule has 0 saturated carbocycles. The zero-order valence-electron chi connectivity index (χ0n) is 19.5. The number of nitrogens with zero attached hydrogens (tertiary/aromatic N) is 4. The molecule has 7 nitrogen and oxygen atoms in total. The van der Waals surface area contributed by atoms with E-state index in [4.69, 9.17) is 9.73 Å². The number of piperazine rings is 1. The molecule has 0 aromatic heterocycles. The predicted molar refractivity (Wildman–Crippen MR) is 139 cm³/mol. The van der Waals surface area contributed by atoms with E-state index in [2.05, 4.69) is 70.5 Å². The van der Waals surface area contributed by atoms with Gasteiger partial charge in [0.25, 0.3) is 0 Å². The predicted octanol–water partition coefficient (Wildman–Crippen LogP) is 1.83. The zero-order valence-corrected chi connectivity index (χ0v) is 21.8. The maximum absolute atomic E-state index is 5.45. The summed E-state index contributed by atoms with van der Waals surface area (Å²) in [5.41, 5.74) is 2.63. The number of rotatable bonds is 8. The van der Waals surface area contributed by atoms with Crippen LogP contribution in [0.3, 0.4) is 0 Å². The number of halogens is 1. The van der Waals surface area contributed by atoms with Crippen molar-refractivity contribution in [3.8, 4) is 0 Å². The molecule has 31 heavy (non-hydrogen) atoms. The molecule has 1 aromatic carbocycles. The molecule has 2 saturated heterocycles. The molecule has 0 radical (unpaired) electrons. The summed E-state index contributed by atoms with van der Waals surface area (Å²) < 4.78 is 5.45. The highest BCUT2D eigenvalue weighted by molar-refractivity contribution is 14.0. The molecular weight excluding hydrogens is 503 g/mol. The molecule has 176 valence electrons. The van der Waals surface area contributed by atoms with Crippen molar-refractivity contribution in [3.63, 3.8) is 0 Å². The summed E-state index contributed by atoms with van der Waals surface area (Å²) in [6.45, 7) is 16.2. The van der Waals surface area contributed by atoms with Crippen molar-refractivity contribution in [1.29, 1.82) is 0 Å². The molecule has 1 unspecified atom stereocenters. The van der Waals surface area contributed by atoms with Crippen molar-refractivity contribution >= 4 is 29.9 Å². The van der Waals surface area contributed by atoms with Crippen molar-refractivity contribution < 1.29 is 4.74 Å². The highest BCUT2D eigenvalue weighted by Gasteiger charge is 2.17. The first-order chi connectivity index (χ1) is 14.6. The van der Waals surface area contributed by atoms with Gasteiger partial charge in [-0.1, -0.05) is 24.3 Å². The highest BCUT2D eigenvalue weighted by Crippen LogP contribution is 2.10. The lowest BCUT2D eigenvalue weighted by Gasteiger charge is -2.32. The minimum absolute atomic E-state index is 0. The summed E-state index contributed by atoms with van der Waals surface area (Å²) in [6.07, 6.45) is 0. The van der Waals surface area contributed by atoms with Crippen molar-refractivity contribution in [2.24, 2.45) is 4.99 Å². The lowest BCUT2D eigenvalue weighted by molar-refractivity contribution is 0.0211. The Bertz CT molecular complexity index is 642. The van der Waals surface area contributed by atoms with Crippen molar-refractivity contribution in [1.82, 2.24) is 25.3 Å². The average molecular weight is 545 g/mol. The van der Waals surface area contributed by atoms with Crippen LogP contribution in [0.1, 0.15) is 25.0 Å². The summed E-state index contributed by atoms with van der Waals surface area (Å²) in [5, 5.41) is 6.87. The molecule has 1 atom stereocenters. The lowest BCUT2D eigenvalue weighted by atomic mass is 10.1. The van der Waals surface area contributed by atoms with Gasteiger partial charge in [0.15, 0.2) is 5.96 Å². The number of nitrogens with one attached hydrogen (secondary N) is 2. The van der Waals surface area contributed by atoms with Gasteiger partial charge in [-0.25, -0.2) is 4.99 Å². The van der Waals surface area contributed by atoms with E-state index in [1.165, 1.54) is 11.1 Å². The smallest absolute Gasteiger partial charge is 0.191 e. The largest absolute Gasteiger partial charge is 0.379 e. The standard InChI is InChI=1S/C23H40N6O.HI/c1-4-24-23(25-17-20(2)29-13-15-30-16-14-29)26-18-21-5-7-22(8-6-21)19-28-11-9-27(3)10-12-28;/h5-8,20H,4,9-19H2,1-3H3,(H2,24,25,26);1H. The number of benzene rings is 1. The third-order valence-electron chi connectivity index (χ3n) is 6.02. The normalized spacial score (nSPS) is 20.2. The molecule has 2 aliphatic heterocycles. The van der Waals surface area contributed by atoms with E-state index in [-0.39, 0.29) is 24.0 Å². The minimum Gasteiger partial charge on any atom is -0.379 e. The Morgan fingerprint density at radius 3 is 2.29 bits per heavy atom. The van der Waals surface area contributed by atoms with Gasteiger partial charge in [0.05, 0.1) is 19.8 Å². The summed E-state index contributed by atoms with van der Waals surface area (Å²) in [7, 11) is 2.20. The van der Waals surface area contributed by atoms with Crippen LogP contribution in [0.25, 0.3) is 0 Å². The van der Waals surface area contributed by atoms with E-state index in [1.54, 1.807) is 0 Å². The molecule has 2 heterocycles. The minimum atomic E-state index is 0. The molecule has 2 N–H and O–H groups in total. The van der Waals surface area contributed by atoms with Gasteiger partial charge in [0.1, 0.15) is 0 Å². The van der Waals surface area contributed by atoms with E-state index < -0.39 is 0 Å². The van der Waals surface area contributed by atoms with E-state index in [0.717, 1.165) is 78.1 Å². The summed E-state index contributed by atoms with van der Waals surface area (Å²) in [6, 6.07) is 9.41. The van der Waals surface area contributed by atoms with Crippen LogP contribution in [0.2, 0.25) is 0 Å². The Labute approximate surface area is 205 Å². The van der Waals surface area contributed by atoms with E-state index in [0.29, 0.717) is 12.6 Å².